The predicted octanol–water partition coefficient (Wildman–Crippen LogP) is 2.11. The molecule has 1 aliphatic heterocycles. The third kappa shape index (κ3) is 6.37. The second kappa shape index (κ2) is 10.9. The summed E-state index contributed by atoms with van der Waals surface area (Å²) in [7, 11) is 0. The zero-order valence-electron chi connectivity index (χ0n) is 17.6. The molecule has 0 saturated carbocycles. The minimum Gasteiger partial charge on any atom is -0.478 e. The normalized spacial score (nSPS) is 13.5. The van der Waals surface area contributed by atoms with Gasteiger partial charge >= 0.3 is 11.9 Å². The Morgan fingerprint density at radius 2 is 1.70 bits per heavy atom. The van der Waals surface area contributed by atoms with Gasteiger partial charge in [-0.05, 0) is 11.6 Å². The Morgan fingerprint density at radius 3 is 2.27 bits per heavy atom. The molecule has 11 heteroatoms. The number of carboxylic acids is 2. The van der Waals surface area contributed by atoms with E-state index >= 15 is 0 Å². The first-order valence-electron chi connectivity index (χ1n) is 10.1. The largest absolute Gasteiger partial charge is 0.478 e. The van der Waals surface area contributed by atoms with E-state index in [1.807, 2.05) is 18.2 Å². The molecule has 2 heterocycles. The lowest BCUT2D eigenvalue weighted by Crippen LogP contribution is -2.44. The van der Waals surface area contributed by atoms with Gasteiger partial charge in [0.25, 0.3) is 5.69 Å². The van der Waals surface area contributed by atoms with Gasteiger partial charge in [-0.25, -0.2) is 14.6 Å². The third-order valence-electron chi connectivity index (χ3n) is 4.87. The lowest BCUT2D eigenvalue weighted by atomic mass is 10.2. The Balaban J connectivity index is 0.000000331. The first-order chi connectivity index (χ1) is 15.8. The van der Waals surface area contributed by atoms with E-state index in [1.54, 1.807) is 18.2 Å². The number of anilines is 1. The number of aliphatic carboxylic acids is 2. The zero-order valence-corrected chi connectivity index (χ0v) is 17.6. The number of fused-ring (bicyclic) bond motifs is 1. The minimum atomic E-state index is -1.26. The highest BCUT2D eigenvalue weighted by Gasteiger charge is 2.20. The molecule has 0 bridgehead atoms. The summed E-state index contributed by atoms with van der Waals surface area (Å²) < 4.78 is 2.15. The van der Waals surface area contributed by atoms with Crippen molar-refractivity contribution in [3.05, 3.63) is 76.4 Å². The first-order valence-corrected chi connectivity index (χ1v) is 10.1. The lowest BCUT2D eigenvalue weighted by molar-refractivity contribution is -0.384. The SMILES string of the molecule is O=C(O)C=CC(=O)O.O=[N+]([O-])c1ccc2c(c1)nc(N1CCNCC1)n2Cc1ccccc1. The number of non-ortho nitro benzene ring substituents is 1. The summed E-state index contributed by atoms with van der Waals surface area (Å²) >= 11 is 0. The van der Waals surface area contributed by atoms with Gasteiger partial charge in [0.15, 0.2) is 0 Å². The van der Waals surface area contributed by atoms with Gasteiger partial charge in [-0.15, -0.1) is 0 Å². The average Bonchev–Trinajstić information content (AvgIpc) is 3.17. The van der Waals surface area contributed by atoms with E-state index in [-0.39, 0.29) is 10.6 Å². The molecule has 3 N–H and O–H groups in total. The molecule has 1 aromatic heterocycles. The molecule has 1 fully saturated rings. The quantitative estimate of drug-likeness (QED) is 0.289. The minimum absolute atomic E-state index is 0.0729. The van der Waals surface area contributed by atoms with Crippen LogP contribution in [-0.2, 0) is 16.1 Å². The summed E-state index contributed by atoms with van der Waals surface area (Å²) in [6.45, 7) is 4.26. The molecule has 11 nitrogen and oxygen atoms in total. The van der Waals surface area contributed by atoms with Crippen LogP contribution in [0.1, 0.15) is 5.56 Å². The number of benzene rings is 2. The van der Waals surface area contributed by atoms with Gasteiger partial charge in [-0.1, -0.05) is 30.3 Å². The number of hydrogen-bond acceptors (Lipinski definition) is 7. The fourth-order valence-electron chi connectivity index (χ4n) is 3.39. The summed E-state index contributed by atoms with van der Waals surface area (Å²) in [6.07, 6.45) is 1.12. The number of hydrogen-bond donors (Lipinski definition) is 3. The molecule has 0 atom stereocenters. The molecule has 2 aromatic carbocycles. The molecule has 172 valence electrons. The van der Waals surface area contributed by atoms with E-state index in [0.29, 0.717) is 24.2 Å². The van der Waals surface area contributed by atoms with Gasteiger partial charge in [-0.3, -0.25) is 10.1 Å². The number of nitrogens with one attached hydrogen (secondary N) is 1. The number of aromatic nitrogens is 2. The van der Waals surface area contributed by atoms with Crippen molar-refractivity contribution in [3.8, 4) is 0 Å². The van der Waals surface area contributed by atoms with E-state index in [9.17, 15) is 19.7 Å². The summed E-state index contributed by atoms with van der Waals surface area (Å²) in [6, 6.07) is 15.1. The van der Waals surface area contributed by atoms with Crippen LogP contribution in [0.2, 0.25) is 0 Å². The van der Waals surface area contributed by atoms with Crippen LogP contribution in [0.15, 0.2) is 60.7 Å². The lowest BCUT2D eigenvalue weighted by Gasteiger charge is -2.29. The molecule has 0 amide bonds. The predicted molar refractivity (Wildman–Crippen MR) is 121 cm³/mol. The second-order valence-electron chi connectivity index (χ2n) is 7.16. The molecule has 1 aliphatic rings. The molecular weight excluding hydrogens is 430 g/mol. The summed E-state index contributed by atoms with van der Waals surface area (Å²) in [4.78, 5) is 36.8. The summed E-state index contributed by atoms with van der Waals surface area (Å²) in [5.41, 5.74) is 2.84. The van der Waals surface area contributed by atoms with E-state index in [4.69, 9.17) is 15.2 Å². The molecular formula is C22H23N5O6. The fourth-order valence-corrected chi connectivity index (χ4v) is 3.39. The van der Waals surface area contributed by atoms with Gasteiger partial charge in [0.05, 0.1) is 22.5 Å². The van der Waals surface area contributed by atoms with E-state index in [2.05, 4.69) is 26.9 Å². The van der Waals surface area contributed by atoms with Crippen molar-refractivity contribution in [1.29, 1.82) is 0 Å². The van der Waals surface area contributed by atoms with Gasteiger partial charge in [0, 0.05) is 50.5 Å². The highest BCUT2D eigenvalue weighted by molar-refractivity contribution is 5.89. The Hall–Kier alpha value is -4.25. The molecule has 1 saturated heterocycles. The number of carbonyl (C=O) groups is 2. The van der Waals surface area contributed by atoms with Crippen molar-refractivity contribution in [3.63, 3.8) is 0 Å². The average molecular weight is 453 g/mol. The number of nitro benzene ring substituents is 1. The number of imidazole rings is 1. The fraction of sp³-hybridized carbons (Fsp3) is 0.227. The topological polar surface area (TPSA) is 151 Å². The Morgan fingerprint density at radius 1 is 1.06 bits per heavy atom. The van der Waals surface area contributed by atoms with Crippen LogP contribution in [0.4, 0.5) is 11.6 Å². The maximum Gasteiger partial charge on any atom is 0.328 e. The Bertz CT molecular complexity index is 1150. The van der Waals surface area contributed by atoms with Crippen molar-refractivity contribution < 1.29 is 24.7 Å². The number of piperazine rings is 1. The van der Waals surface area contributed by atoms with E-state index < -0.39 is 11.9 Å². The highest BCUT2D eigenvalue weighted by atomic mass is 16.6. The van der Waals surface area contributed by atoms with E-state index in [1.165, 1.54) is 5.56 Å². The van der Waals surface area contributed by atoms with Crippen molar-refractivity contribution in [1.82, 2.24) is 14.9 Å². The van der Waals surface area contributed by atoms with Crippen molar-refractivity contribution >= 4 is 34.6 Å². The molecule has 0 spiro atoms. The Kier molecular flexibility index (Phi) is 7.71. The van der Waals surface area contributed by atoms with Gasteiger partial charge in [0.2, 0.25) is 5.95 Å². The molecule has 3 aromatic rings. The van der Waals surface area contributed by atoms with Gasteiger partial charge < -0.3 is 25.0 Å². The van der Waals surface area contributed by atoms with Crippen LogP contribution < -0.4 is 10.2 Å². The molecule has 33 heavy (non-hydrogen) atoms. The van der Waals surface area contributed by atoms with Crippen molar-refractivity contribution in [2.75, 3.05) is 31.1 Å². The molecule has 4 rings (SSSR count). The van der Waals surface area contributed by atoms with Crippen molar-refractivity contribution in [2.45, 2.75) is 6.54 Å². The summed E-state index contributed by atoms with van der Waals surface area (Å²) in [5, 5.41) is 30.0. The molecule has 0 radical (unpaired) electrons. The number of nitrogens with zero attached hydrogens (tertiary/aromatic N) is 4. The first kappa shape index (κ1) is 23.4. The Labute approximate surface area is 188 Å². The highest BCUT2D eigenvalue weighted by Crippen LogP contribution is 2.27. The smallest absolute Gasteiger partial charge is 0.328 e. The maximum absolute atomic E-state index is 11.1. The van der Waals surface area contributed by atoms with Crippen molar-refractivity contribution in [2.24, 2.45) is 0 Å². The van der Waals surface area contributed by atoms with Crippen LogP contribution in [0.5, 0.6) is 0 Å². The van der Waals surface area contributed by atoms with E-state index in [0.717, 1.165) is 37.6 Å². The van der Waals surface area contributed by atoms with Crippen LogP contribution >= 0.6 is 0 Å². The van der Waals surface area contributed by atoms with Crippen LogP contribution in [0, 0.1) is 10.1 Å². The van der Waals surface area contributed by atoms with Gasteiger partial charge in [0.1, 0.15) is 0 Å². The van der Waals surface area contributed by atoms with Crippen LogP contribution in [0.25, 0.3) is 11.0 Å². The molecule has 0 aliphatic carbocycles. The third-order valence-corrected chi connectivity index (χ3v) is 4.87. The molecule has 0 unspecified atom stereocenters. The standard InChI is InChI=1S/C18H19N5O2.C4H4O4/c24-23(25)15-6-7-17-16(12-15)20-18(21-10-8-19-9-11-21)22(17)13-14-4-2-1-3-5-14;5-3(6)1-2-4(7)8/h1-7,12,19H,8-11,13H2;1-2H,(H,5,6)(H,7,8). The number of carboxylic acid groups (broad SMARTS) is 2. The monoisotopic (exact) mass is 453 g/mol. The second-order valence-corrected chi connectivity index (χ2v) is 7.16. The van der Waals surface area contributed by atoms with Crippen LogP contribution in [0.3, 0.4) is 0 Å². The maximum atomic E-state index is 11.1. The number of rotatable bonds is 6. The van der Waals surface area contributed by atoms with Crippen LogP contribution in [-0.4, -0.2) is 62.8 Å². The zero-order chi connectivity index (χ0) is 23.8. The van der Waals surface area contributed by atoms with Gasteiger partial charge in [-0.2, -0.15) is 0 Å². The number of nitro groups is 1. The summed E-state index contributed by atoms with van der Waals surface area (Å²) in [5.74, 6) is -1.64.